The summed E-state index contributed by atoms with van der Waals surface area (Å²) in [5.74, 6) is 1.22. The van der Waals surface area contributed by atoms with E-state index < -0.39 is 0 Å². The van der Waals surface area contributed by atoms with Gasteiger partial charge in [0.15, 0.2) is 0 Å². The van der Waals surface area contributed by atoms with Gasteiger partial charge in [-0.15, -0.1) is 0 Å². The van der Waals surface area contributed by atoms with Crippen LogP contribution in [0.25, 0.3) is 0 Å². The van der Waals surface area contributed by atoms with E-state index in [9.17, 15) is 0 Å². The van der Waals surface area contributed by atoms with Gasteiger partial charge in [0.25, 0.3) is 0 Å². The van der Waals surface area contributed by atoms with Gasteiger partial charge in [0.1, 0.15) is 0 Å². The molecule has 74 valence electrons. The van der Waals surface area contributed by atoms with Crippen LogP contribution in [0.3, 0.4) is 0 Å². The fraction of sp³-hybridized carbons (Fsp3) is 1.00. The van der Waals surface area contributed by atoms with Crippen LogP contribution in [0.4, 0.5) is 0 Å². The van der Waals surface area contributed by atoms with Crippen LogP contribution in [-0.4, -0.2) is 30.1 Å². The number of nitrogens with one attached hydrogen (secondary N) is 1. The lowest BCUT2D eigenvalue weighted by Crippen LogP contribution is -2.24. The van der Waals surface area contributed by atoms with Crippen molar-refractivity contribution in [3.05, 3.63) is 0 Å². The topological polar surface area (TPSA) is 38.0 Å². The number of thioether (sulfide) groups is 1. The summed E-state index contributed by atoms with van der Waals surface area (Å²) >= 11 is 1.96. The predicted octanol–water partition coefficient (Wildman–Crippen LogP) is 1.45. The molecule has 0 amide bonds. The molecule has 0 spiro atoms. The molecule has 0 radical (unpaired) electrons. The van der Waals surface area contributed by atoms with Gasteiger partial charge in [-0.2, -0.15) is 11.8 Å². The van der Waals surface area contributed by atoms with Gasteiger partial charge >= 0.3 is 0 Å². The minimum atomic E-state index is 0.613. The van der Waals surface area contributed by atoms with Crippen LogP contribution in [0, 0.1) is 0 Å². The Morgan fingerprint density at radius 3 is 2.50 bits per heavy atom. The third kappa shape index (κ3) is 8.37. The first kappa shape index (κ1) is 12.3. The molecule has 0 heterocycles. The Morgan fingerprint density at radius 2 is 2.00 bits per heavy atom. The Labute approximate surface area is 80.7 Å². The molecular weight excluding hydrogens is 168 g/mol. The minimum absolute atomic E-state index is 0.613. The molecule has 1 atom stereocenters. The largest absolute Gasteiger partial charge is 0.329 e. The molecule has 1 unspecified atom stereocenters. The molecule has 0 aromatic carbocycles. The van der Waals surface area contributed by atoms with Crippen molar-refractivity contribution in [1.29, 1.82) is 0 Å². The third-order valence-electron chi connectivity index (χ3n) is 1.61. The number of hydrogen-bond acceptors (Lipinski definition) is 3. The van der Waals surface area contributed by atoms with Crippen molar-refractivity contribution < 1.29 is 0 Å². The highest BCUT2D eigenvalue weighted by Crippen LogP contribution is 2.09. The molecule has 0 saturated heterocycles. The fourth-order valence-corrected chi connectivity index (χ4v) is 1.66. The van der Waals surface area contributed by atoms with Crippen molar-refractivity contribution in [2.75, 3.05) is 18.8 Å². The van der Waals surface area contributed by atoms with Gasteiger partial charge < -0.3 is 11.1 Å². The van der Waals surface area contributed by atoms with E-state index in [1.165, 1.54) is 12.2 Å². The second kappa shape index (κ2) is 7.90. The van der Waals surface area contributed by atoms with E-state index in [4.69, 9.17) is 5.73 Å². The zero-order valence-electron chi connectivity index (χ0n) is 8.47. The first-order valence-corrected chi connectivity index (χ1v) is 5.76. The zero-order valence-corrected chi connectivity index (χ0v) is 9.29. The second-order valence-corrected chi connectivity index (χ2v) is 4.93. The van der Waals surface area contributed by atoms with Crippen LogP contribution < -0.4 is 11.1 Å². The van der Waals surface area contributed by atoms with Gasteiger partial charge in [0.2, 0.25) is 0 Å². The maximum absolute atomic E-state index is 5.50. The maximum Gasteiger partial charge on any atom is 0.0141 e. The van der Waals surface area contributed by atoms with E-state index in [0.717, 1.165) is 13.1 Å². The first-order chi connectivity index (χ1) is 5.66. The Balaban J connectivity index is 3.00. The maximum atomic E-state index is 5.50. The van der Waals surface area contributed by atoms with Crippen LogP contribution in [0.2, 0.25) is 0 Å². The molecule has 2 nitrogen and oxygen atoms in total. The summed E-state index contributed by atoms with van der Waals surface area (Å²) in [5, 5.41) is 4.01. The molecule has 0 aliphatic rings. The third-order valence-corrected chi connectivity index (χ3v) is 2.89. The molecule has 0 fully saturated rings. The molecule has 3 heteroatoms. The van der Waals surface area contributed by atoms with Crippen LogP contribution >= 0.6 is 11.8 Å². The van der Waals surface area contributed by atoms with E-state index in [2.05, 4.69) is 26.1 Å². The molecule has 0 aromatic heterocycles. The summed E-state index contributed by atoms with van der Waals surface area (Å²) < 4.78 is 0. The van der Waals surface area contributed by atoms with E-state index in [1.54, 1.807) is 0 Å². The van der Waals surface area contributed by atoms with Crippen molar-refractivity contribution in [3.8, 4) is 0 Å². The number of hydrogen-bond donors (Lipinski definition) is 2. The van der Waals surface area contributed by atoms with Crippen LogP contribution in [0.1, 0.15) is 27.2 Å². The summed E-state index contributed by atoms with van der Waals surface area (Å²) in [6.07, 6.45) is 1.24. The van der Waals surface area contributed by atoms with Crippen LogP contribution in [0.15, 0.2) is 0 Å². The van der Waals surface area contributed by atoms with E-state index in [0.29, 0.717) is 11.3 Å². The predicted molar refractivity (Wildman–Crippen MR) is 58.7 cm³/mol. The summed E-state index contributed by atoms with van der Waals surface area (Å²) in [4.78, 5) is 0. The summed E-state index contributed by atoms with van der Waals surface area (Å²) in [6.45, 7) is 8.45. The Hall–Kier alpha value is 0.270. The summed E-state index contributed by atoms with van der Waals surface area (Å²) in [5.41, 5.74) is 5.50. The molecule has 0 saturated carbocycles. The van der Waals surface area contributed by atoms with Crippen molar-refractivity contribution in [2.45, 2.75) is 38.5 Å². The molecule has 0 rings (SSSR count). The minimum Gasteiger partial charge on any atom is -0.329 e. The molecule has 0 aliphatic carbocycles. The van der Waals surface area contributed by atoms with Crippen LogP contribution in [-0.2, 0) is 0 Å². The van der Waals surface area contributed by atoms with Gasteiger partial charge in [-0.1, -0.05) is 20.8 Å². The standard InChI is InChI=1S/C9H22N2S/c1-8(2)11-5-4-6-12-9(3)7-10/h8-9,11H,4-7,10H2,1-3H3. The second-order valence-electron chi connectivity index (χ2n) is 3.38. The van der Waals surface area contributed by atoms with Crippen molar-refractivity contribution in [3.63, 3.8) is 0 Å². The van der Waals surface area contributed by atoms with Gasteiger partial charge in [0, 0.05) is 17.8 Å². The summed E-state index contributed by atoms with van der Waals surface area (Å²) in [6, 6.07) is 0.613. The molecule has 0 bridgehead atoms. The van der Waals surface area contributed by atoms with Gasteiger partial charge in [-0.25, -0.2) is 0 Å². The molecule has 12 heavy (non-hydrogen) atoms. The SMILES string of the molecule is CC(C)NCCCSC(C)CN. The quantitative estimate of drug-likeness (QED) is 0.597. The first-order valence-electron chi connectivity index (χ1n) is 4.72. The van der Waals surface area contributed by atoms with Crippen molar-refractivity contribution in [2.24, 2.45) is 5.73 Å². The fourth-order valence-electron chi connectivity index (χ4n) is 0.815. The van der Waals surface area contributed by atoms with Gasteiger partial charge in [0.05, 0.1) is 0 Å². The van der Waals surface area contributed by atoms with E-state index in [-0.39, 0.29) is 0 Å². The lowest BCUT2D eigenvalue weighted by atomic mass is 10.4. The average molecular weight is 190 g/mol. The Morgan fingerprint density at radius 1 is 1.33 bits per heavy atom. The highest BCUT2D eigenvalue weighted by atomic mass is 32.2. The van der Waals surface area contributed by atoms with E-state index in [1.807, 2.05) is 11.8 Å². The Bertz CT molecular complexity index is 96.5. The average Bonchev–Trinajstić information content (AvgIpc) is 2.03. The lowest BCUT2D eigenvalue weighted by Gasteiger charge is -2.09. The smallest absolute Gasteiger partial charge is 0.0141 e. The van der Waals surface area contributed by atoms with Crippen molar-refractivity contribution in [1.82, 2.24) is 5.32 Å². The normalized spacial score (nSPS) is 13.8. The lowest BCUT2D eigenvalue weighted by molar-refractivity contribution is 0.585. The molecule has 0 aliphatic heterocycles. The van der Waals surface area contributed by atoms with Crippen molar-refractivity contribution >= 4 is 11.8 Å². The summed E-state index contributed by atoms with van der Waals surface area (Å²) in [7, 11) is 0. The highest BCUT2D eigenvalue weighted by Gasteiger charge is 1.98. The van der Waals surface area contributed by atoms with Gasteiger partial charge in [-0.05, 0) is 18.7 Å². The molecule has 3 N–H and O–H groups in total. The highest BCUT2D eigenvalue weighted by molar-refractivity contribution is 7.99. The molecule has 0 aromatic rings. The number of nitrogens with two attached hydrogens (primary N) is 1. The monoisotopic (exact) mass is 190 g/mol. The Kier molecular flexibility index (Phi) is 8.07. The van der Waals surface area contributed by atoms with E-state index >= 15 is 0 Å². The molecular formula is C9H22N2S. The zero-order chi connectivity index (χ0) is 9.40. The van der Waals surface area contributed by atoms with Gasteiger partial charge in [-0.3, -0.25) is 0 Å². The number of rotatable bonds is 7. The van der Waals surface area contributed by atoms with Crippen LogP contribution in [0.5, 0.6) is 0 Å².